The summed E-state index contributed by atoms with van der Waals surface area (Å²) in [6, 6.07) is 13.9. The maximum absolute atomic E-state index is 12.6. The van der Waals surface area contributed by atoms with Crippen LogP contribution >= 0.6 is 23.6 Å². The monoisotopic (exact) mass is 438 g/mol. The van der Waals surface area contributed by atoms with Crippen molar-refractivity contribution in [2.24, 2.45) is 0 Å². The molecule has 2 N–H and O–H groups in total. The van der Waals surface area contributed by atoms with Crippen molar-refractivity contribution < 1.29 is 14.3 Å². The van der Waals surface area contributed by atoms with Gasteiger partial charge in [-0.3, -0.25) is 4.79 Å². The summed E-state index contributed by atoms with van der Waals surface area (Å²) in [4.78, 5) is 26.1. The molecule has 3 aromatic rings. The second kappa shape index (κ2) is 8.93. The zero-order valence-electron chi connectivity index (χ0n) is 16.6. The molecule has 7 heteroatoms. The summed E-state index contributed by atoms with van der Waals surface area (Å²) in [6.45, 7) is 0. The Morgan fingerprint density at radius 3 is 2.70 bits per heavy atom. The lowest BCUT2D eigenvalue weighted by Crippen LogP contribution is -2.35. The fraction of sp³-hybridized carbons (Fsp3) is 0.261. The summed E-state index contributed by atoms with van der Waals surface area (Å²) in [7, 11) is 1.38. The Bertz CT molecular complexity index is 1130. The van der Waals surface area contributed by atoms with Crippen LogP contribution in [0.3, 0.4) is 0 Å². The number of hydrogen-bond donors (Lipinski definition) is 2. The van der Waals surface area contributed by atoms with Gasteiger partial charge in [-0.25, -0.2) is 4.79 Å². The van der Waals surface area contributed by atoms with Gasteiger partial charge in [0.2, 0.25) is 5.91 Å². The molecule has 4 rings (SSSR count). The fourth-order valence-corrected chi connectivity index (χ4v) is 5.46. The highest BCUT2D eigenvalue weighted by Crippen LogP contribution is 2.38. The Labute approximate surface area is 184 Å². The van der Waals surface area contributed by atoms with E-state index < -0.39 is 0 Å². The highest BCUT2D eigenvalue weighted by Gasteiger charge is 2.26. The van der Waals surface area contributed by atoms with E-state index in [4.69, 9.17) is 17.0 Å². The largest absolute Gasteiger partial charge is 0.465 e. The van der Waals surface area contributed by atoms with Crippen molar-refractivity contribution in [1.82, 2.24) is 5.32 Å². The topological polar surface area (TPSA) is 67.4 Å². The summed E-state index contributed by atoms with van der Waals surface area (Å²) in [5.74, 6) is -0.577. The van der Waals surface area contributed by atoms with E-state index in [1.807, 2.05) is 42.5 Å². The summed E-state index contributed by atoms with van der Waals surface area (Å²) >= 11 is 6.88. The average molecular weight is 439 g/mol. The number of carbonyl (C=O) groups excluding carboxylic acids is 2. The van der Waals surface area contributed by atoms with E-state index in [-0.39, 0.29) is 23.4 Å². The minimum absolute atomic E-state index is 0.184. The number of thiocarbonyl (C=S) groups is 1. The first kappa shape index (κ1) is 20.5. The van der Waals surface area contributed by atoms with Gasteiger partial charge in [-0.1, -0.05) is 42.5 Å². The van der Waals surface area contributed by atoms with Gasteiger partial charge in [-0.05, 0) is 59.8 Å². The van der Waals surface area contributed by atoms with Crippen LogP contribution in [-0.4, -0.2) is 24.1 Å². The van der Waals surface area contributed by atoms with Crippen LogP contribution in [0.15, 0.2) is 42.5 Å². The molecule has 0 fully saturated rings. The van der Waals surface area contributed by atoms with E-state index in [0.29, 0.717) is 10.6 Å². The second-order valence-corrected chi connectivity index (χ2v) is 8.74. The third-order valence-corrected chi connectivity index (χ3v) is 6.68. The number of thiophene rings is 1. The lowest BCUT2D eigenvalue weighted by atomic mass is 9.95. The van der Waals surface area contributed by atoms with Crippen LogP contribution in [-0.2, 0) is 28.8 Å². The first-order chi connectivity index (χ1) is 14.6. The van der Waals surface area contributed by atoms with E-state index in [1.54, 1.807) is 0 Å². The van der Waals surface area contributed by atoms with Crippen molar-refractivity contribution in [2.75, 3.05) is 12.4 Å². The average Bonchev–Trinajstić information content (AvgIpc) is 3.11. The number of nitrogens with one attached hydrogen (secondary N) is 2. The first-order valence-corrected chi connectivity index (χ1v) is 11.1. The quantitative estimate of drug-likeness (QED) is 0.459. The van der Waals surface area contributed by atoms with Gasteiger partial charge in [0, 0.05) is 4.88 Å². The number of anilines is 1. The Morgan fingerprint density at radius 1 is 1.10 bits per heavy atom. The molecule has 0 saturated heterocycles. The number of aryl methyl sites for hydroxylation is 1. The number of benzene rings is 2. The molecular weight excluding hydrogens is 416 g/mol. The molecule has 0 atom stereocenters. The van der Waals surface area contributed by atoms with Gasteiger partial charge in [0.15, 0.2) is 5.11 Å². The molecule has 0 bridgehead atoms. The van der Waals surface area contributed by atoms with Crippen LogP contribution in [0.1, 0.15) is 39.2 Å². The first-order valence-electron chi connectivity index (χ1n) is 9.87. The maximum atomic E-state index is 12.6. The molecule has 0 unspecified atom stereocenters. The molecule has 2 aromatic carbocycles. The molecule has 1 amide bonds. The highest BCUT2D eigenvalue weighted by molar-refractivity contribution is 7.80. The van der Waals surface area contributed by atoms with Crippen molar-refractivity contribution in [2.45, 2.75) is 32.1 Å². The molecule has 1 aromatic heterocycles. The van der Waals surface area contributed by atoms with Crippen LogP contribution in [0.4, 0.5) is 5.00 Å². The number of rotatable bonds is 4. The minimum Gasteiger partial charge on any atom is -0.465 e. The Morgan fingerprint density at radius 2 is 1.87 bits per heavy atom. The van der Waals surface area contributed by atoms with Crippen molar-refractivity contribution in [3.63, 3.8) is 0 Å². The molecule has 0 saturated carbocycles. The molecule has 5 nitrogen and oxygen atoms in total. The lowest BCUT2D eigenvalue weighted by Gasteiger charge is -2.12. The van der Waals surface area contributed by atoms with Gasteiger partial charge < -0.3 is 15.4 Å². The zero-order chi connectivity index (χ0) is 21.1. The Balaban J connectivity index is 1.48. The van der Waals surface area contributed by atoms with Crippen molar-refractivity contribution >= 4 is 56.3 Å². The van der Waals surface area contributed by atoms with Crippen LogP contribution in [0.2, 0.25) is 0 Å². The normalized spacial score (nSPS) is 12.8. The highest BCUT2D eigenvalue weighted by atomic mass is 32.1. The molecule has 0 radical (unpaired) electrons. The fourth-order valence-electron chi connectivity index (χ4n) is 3.90. The molecule has 1 aliphatic carbocycles. The molecule has 0 aliphatic heterocycles. The van der Waals surface area contributed by atoms with Crippen molar-refractivity contribution in [3.8, 4) is 0 Å². The minimum atomic E-state index is -0.373. The smallest absolute Gasteiger partial charge is 0.341 e. The van der Waals surface area contributed by atoms with Crippen molar-refractivity contribution in [3.05, 3.63) is 64.0 Å². The molecule has 0 spiro atoms. The van der Waals surface area contributed by atoms with Gasteiger partial charge in [-0.2, -0.15) is 0 Å². The standard InChI is InChI=1S/C23H22N2O3S2/c1-28-22(27)20-17-11-4-5-12-18(17)30-21(20)25-23(29)24-19(26)13-15-9-6-8-14-7-2-3-10-16(14)15/h2-3,6-10H,4-5,11-13H2,1H3,(H2,24,25,26,29). The predicted molar refractivity (Wildman–Crippen MR) is 124 cm³/mol. The number of hydrogen-bond acceptors (Lipinski definition) is 5. The summed E-state index contributed by atoms with van der Waals surface area (Å²) in [5, 5.41) is 8.77. The van der Waals surface area contributed by atoms with E-state index in [9.17, 15) is 9.59 Å². The third-order valence-electron chi connectivity index (χ3n) is 5.27. The van der Waals surface area contributed by atoms with Crippen LogP contribution in [0.25, 0.3) is 10.8 Å². The summed E-state index contributed by atoms with van der Waals surface area (Å²) in [5.41, 5.74) is 2.53. The molecule has 1 heterocycles. The predicted octanol–water partition coefficient (Wildman–Crippen LogP) is 4.62. The van der Waals surface area contributed by atoms with E-state index in [1.165, 1.54) is 23.3 Å². The number of methoxy groups -OCH3 is 1. The molecule has 1 aliphatic rings. The number of carbonyl (C=O) groups is 2. The van der Waals surface area contributed by atoms with E-state index >= 15 is 0 Å². The summed E-state index contributed by atoms with van der Waals surface area (Å²) in [6.07, 6.45) is 4.19. The van der Waals surface area contributed by atoms with Crippen LogP contribution < -0.4 is 10.6 Å². The van der Waals surface area contributed by atoms with E-state index in [2.05, 4.69) is 10.6 Å². The third kappa shape index (κ3) is 4.22. The van der Waals surface area contributed by atoms with Crippen molar-refractivity contribution in [1.29, 1.82) is 0 Å². The molecule has 154 valence electrons. The Hall–Kier alpha value is -2.77. The second-order valence-electron chi connectivity index (χ2n) is 7.22. The number of esters is 1. The molecular formula is C23H22N2O3S2. The van der Waals surface area contributed by atoms with Gasteiger partial charge in [0.05, 0.1) is 19.1 Å². The number of ether oxygens (including phenoxy) is 1. The molecule has 30 heavy (non-hydrogen) atoms. The zero-order valence-corrected chi connectivity index (χ0v) is 18.3. The van der Waals surface area contributed by atoms with Crippen LogP contribution in [0.5, 0.6) is 0 Å². The van der Waals surface area contributed by atoms with Gasteiger partial charge in [0.25, 0.3) is 0 Å². The Kier molecular flexibility index (Phi) is 6.11. The van der Waals surface area contributed by atoms with Gasteiger partial charge >= 0.3 is 5.97 Å². The maximum Gasteiger partial charge on any atom is 0.341 e. The SMILES string of the molecule is COC(=O)c1c(NC(=S)NC(=O)Cc2cccc3ccccc23)sc2c1CCCC2. The van der Waals surface area contributed by atoms with Gasteiger partial charge in [-0.15, -0.1) is 11.3 Å². The van der Waals surface area contributed by atoms with Crippen LogP contribution in [0, 0.1) is 0 Å². The number of fused-ring (bicyclic) bond motifs is 2. The lowest BCUT2D eigenvalue weighted by molar-refractivity contribution is -0.119. The van der Waals surface area contributed by atoms with E-state index in [0.717, 1.165) is 47.6 Å². The summed E-state index contributed by atoms with van der Waals surface area (Å²) < 4.78 is 4.98. The van der Waals surface area contributed by atoms with Gasteiger partial charge in [0.1, 0.15) is 5.00 Å². The number of amides is 1.